The summed E-state index contributed by atoms with van der Waals surface area (Å²) in [4.78, 5) is 16.2. The van der Waals surface area contributed by atoms with Crippen LogP contribution in [0.3, 0.4) is 0 Å². The molecule has 1 heterocycles. The van der Waals surface area contributed by atoms with Crippen molar-refractivity contribution in [2.75, 3.05) is 27.2 Å². The quantitative estimate of drug-likeness (QED) is 0.864. The SMILES string of the molecule is CN(C)Cc1cccc(C(=O)N2CC[C@H](N)C2)c1. The molecule has 98 valence electrons. The van der Waals surface area contributed by atoms with E-state index in [-0.39, 0.29) is 11.9 Å². The summed E-state index contributed by atoms with van der Waals surface area (Å²) in [5.74, 6) is 0.101. The van der Waals surface area contributed by atoms with E-state index in [2.05, 4.69) is 4.90 Å². The molecule has 1 fully saturated rings. The average Bonchev–Trinajstić information content (AvgIpc) is 2.74. The van der Waals surface area contributed by atoms with Gasteiger partial charge in [0.05, 0.1) is 0 Å². The van der Waals surface area contributed by atoms with Gasteiger partial charge in [0.25, 0.3) is 5.91 Å². The van der Waals surface area contributed by atoms with Crippen LogP contribution < -0.4 is 5.73 Å². The Bertz CT molecular complexity index is 431. The van der Waals surface area contributed by atoms with E-state index in [1.54, 1.807) is 0 Å². The predicted octanol–water partition coefficient (Wildman–Crippen LogP) is 0.921. The third-order valence-corrected chi connectivity index (χ3v) is 3.18. The van der Waals surface area contributed by atoms with Crippen molar-refractivity contribution in [1.82, 2.24) is 9.80 Å². The molecule has 1 amide bonds. The van der Waals surface area contributed by atoms with E-state index in [4.69, 9.17) is 5.73 Å². The Morgan fingerprint density at radius 3 is 2.89 bits per heavy atom. The third-order valence-electron chi connectivity index (χ3n) is 3.18. The number of rotatable bonds is 3. The molecular weight excluding hydrogens is 226 g/mol. The summed E-state index contributed by atoms with van der Waals surface area (Å²) in [6, 6.07) is 7.99. The molecule has 0 radical (unpaired) electrons. The van der Waals surface area contributed by atoms with Gasteiger partial charge in [0, 0.05) is 31.2 Å². The molecule has 4 nitrogen and oxygen atoms in total. The minimum absolute atomic E-state index is 0.101. The van der Waals surface area contributed by atoms with Crippen molar-refractivity contribution in [1.29, 1.82) is 0 Å². The second-order valence-corrected chi connectivity index (χ2v) is 5.24. The lowest BCUT2D eigenvalue weighted by Crippen LogP contribution is -2.31. The maximum Gasteiger partial charge on any atom is 0.253 e. The lowest BCUT2D eigenvalue weighted by atomic mass is 10.1. The number of carbonyl (C=O) groups is 1. The highest BCUT2D eigenvalue weighted by Gasteiger charge is 2.24. The number of hydrogen-bond donors (Lipinski definition) is 1. The van der Waals surface area contributed by atoms with E-state index < -0.39 is 0 Å². The van der Waals surface area contributed by atoms with Crippen molar-refractivity contribution in [3.8, 4) is 0 Å². The standard InChI is InChI=1S/C14H21N3O/c1-16(2)9-11-4-3-5-12(8-11)14(18)17-7-6-13(15)10-17/h3-5,8,13H,6-7,9-10,15H2,1-2H3/t13-/m0/s1. The second kappa shape index (κ2) is 5.50. The Kier molecular flexibility index (Phi) is 3.99. The molecule has 1 atom stereocenters. The number of benzene rings is 1. The number of likely N-dealkylation sites (tertiary alicyclic amines) is 1. The van der Waals surface area contributed by atoms with E-state index in [0.717, 1.165) is 30.6 Å². The number of nitrogens with zero attached hydrogens (tertiary/aromatic N) is 2. The van der Waals surface area contributed by atoms with Crippen LogP contribution in [0, 0.1) is 0 Å². The molecule has 1 saturated heterocycles. The fourth-order valence-electron chi connectivity index (χ4n) is 2.32. The van der Waals surface area contributed by atoms with Crippen molar-refractivity contribution >= 4 is 5.91 Å². The normalized spacial score (nSPS) is 19.6. The van der Waals surface area contributed by atoms with Crippen molar-refractivity contribution in [3.05, 3.63) is 35.4 Å². The zero-order valence-corrected chi connectivity index (χ0v) is 11.1. The summed E-state index contributed by atoms with van der Waals surface area (Å²) in [5.41, 5.74) is 7.76. The molecule has 0 bridgehead atoms. The van der Waals surface area contributed by atoms with Crippen molar-refractivity contribution < 1.29 is 4.79 Å². The van der Waals surface area contributed by atoms with Crippen LogP contribution in [0.1, 0.15) is 22.3 Å². The summed E-state index contributed by atoms with van der Waals surface area (Å²) in [6.07, 6.45) is 0.906. The van der Waals surface area contributed by atoms with Crippen LogP contribution in [0.25, 0.3) is 0 Å². The minimum Gasteiger partial charge on any atom is -0.337 e. The van der Waals surface area contributed by atoms with Gasteiger partial charge in [-0.1, -0.05) is 12.1 Å². The Morgan fingerprint density at radius 2 is 2.28 bits per heavy atom. The molecule has 2 N–H and O–H groups in total. The van der Waals surface area contributed by atoms with E-state index >= 15 is 0 Å². The molecule has 1 aromatic carbocycles. The topological polar surface area (TPSA) is 49.6 Å². The van der Waals surface area contributed by atoms with Crippen molar-refractivity contribution in [2.45, 2.75) is 19.0 Å². The van der Waals surface area contributed by atoms with E-state index in [9.17, 15) is 4.79 Å². The minimum atomic E-state index is 0.101. The zero-order chi connectivity index (χ0) is 13.1. The molecule has 0 aromatic heterocycles. The Morgan fingerprint density at radius 1 is 1.50 bits per heavy atom. The Labute approximate surface area is 108 Å². The fraction of sp³-hybridized carbons (Fsp3) is 0.500. The highest BCUT2D eigenvalue weighted by molar-refractivity contribution is 5.94. The monoisotopic (exact) mass is 247 g/mol. The maximum absolute atomic E-state index is 12.3. The molecule has 0 aliphatic carbocycles. The van der Waals surface area contributed by atoms with E-state index in [1.165, 1.54) is 0 Å². The van der Waals surface area contributed by atoms with Gasteiger partial charge in [-0.05, 0) is 38.2 Å². The average molecular weight is 247 g/mol. The first-order chi connectivity index (χ1) is 8.56. The van der Waals surface area contributed by atoms with Gasteiger partial charge in [0.1, 0.15) is 0 Å². The summed E-state index contributed by atoms with van der Waals surface area (Å²) in [5, 5.41) is 0. The number of carbonyl (C=O) groups excluding carboxylic acids is 1. The first-order valence-electron chi connectivity index (χ1n) is 6.35. The van der Waals surface area contributed by atoms with Gasteiger partial charge in [-0.3, -0.25) is 4.79 Å². The molecule has 2 rings (SSSR count). The number of hydrogen-bond acceptors (Lipinski definition) is 3. The highest BCUT2D eigenvalue weighted by Crippen LogP contribution is 2.14. The van der Waals surface area contributed by atoms with Gasteiger partial charge in [-0.25, -0.2) is 0 Å². The summed E-state index contributed by atoms with van der Waals surface area (Å²) in [7, 11) is 4.04. The summed E-state index contributed by atoms with van der Waals surface area (Å²) in [6.45, 7) is 2.30. The highest BCUT2D eigenvalue weighted by atomic mass is 16.2. The molecule has 0 spiro atoms. The van der Waals surface area contributed by atoms with Gasteiger partial charge in [-0.15, -0.1) is 0 Å². The third kappa shape index (κ3) is 3.09. The fourth-order valence-corrected chi connectivity index (χ4v) is 2.32. The van der Waals surface area contributed by atoms with Crippen LogP contribution in [-0.2, 0) is 6.54 Å². The van der Waals surface area contributed by atoms with Crippen LogP contribution in [0.2, 0.25) is 0 Å². The Hall–Kier alpha value is -1.39. The summed E-state index contributed by atoms with van der Waals surface area (Å²) >= 11 is 0. The molecule has 1 aliphatic heterocycles. The predicted molar refractivity (Wildman–Crippen MR) is 72.3 cm³/mol. The molecule has 0 unspecified atom stereocenters. The molecule has 4 heteroatoms. The lowest BCUT2D eigenvalue weighted by molar-refractivity contribution is 0.0790. The zero-order valence-electron chi connectivity index (χ0n) is 11.1. The van der Waals surface area contributed by atoms with E-state index in [1.807, 2.05) is 43.3 Å². The molecule has 1 aliphatic rings. The van der Waals surface area contributed by atoms with Crippen LogP contribution in [0.5, 0.6) is 0 Å². The molecule has 18 heavy (non-hydrogen) atoms. The summed E-state index contributed by atoms with van der Waals surface area (Å²) < 4.78 is 0. The van der Waals surface area contributed by atoms with Gasteiger partial charge >= 0.3 is 0 Å². The van der Waals surface area contributed by atoms with Crippen molar-refractivity contribution in [2.24, 2.45) is 5.73 Å². The first-order valence-corrected chi connectivity index (χ1v) is 6.35. The maximum atomic E-state index is 12.3. The van der Waals surface area contributed by atoms with Crippen LogP contribution in [-0.4, -0.2) is 48.9 Å². The molecule has 0 saturated carbocycles. The Balaban J connectivity index is 2.10. The van der Waals surface area contributed by atoms with Gasteiger partial charge in [-0.2, -0.15) is 0 Å². The number of amides is 1. The largest absolute Gasteiger partial charge is 0.337 e. The van der Waals surface area contributed by atoms with Crippen molar-refractivity contribution in [3.63, 3.8) is 0 Å². The number of nitrogens with two attached hydrogens (primary N) is 1. The lowest BCUT2D eigenvalue weighted by Gasteiger charge is -2.17. The van der Waals surface area contributed by atoms with Gasteiger partial charge in [0.15, 0.2) is 0 Å². The first kappa shape index (κ1) is 13.1. The van der Waals surface area contributed by atoms with E-state index in [0.29, 0.717) is 6.54 Å². The smallest absolute Gasteiger partial charge is 0.253 e. The molecular formula is C14H21N3O. The van der Waals surface area contributed by atoms with Crippen LogP contribution >= 0.6 is 0 Å². The van der Waals surface area contributed by atoms with Gasteiger partial charge in [0.2, 0.25) is 0 Å². The van der Waals surface area contributed by atoms with Gasteiger partial charge < -0.3 is 15.5 Å². The second-order valence-electron chi connectivity index (χ2n) is 5.24. The van der Waals surface area contributed by atoms with Crippen LogP contribution in [0.15, 0.2) is 24.3 Å². The molecule has 1 aromatic rings. The van der Waals surface area contributed by atoms with Crippen LogP contribution in [0.4, 0.5) is 0 Å².